The van der Waals surface area contributed by atoms with Crippen molar-refractivity contribution >= 4 is 40.9 Å². The summed E-state index contributed by atoms with van der Waals surface area (Å²) in [6.45, 7) is 0.466. The van der Waals surface area contributed by atoms with Crippen LogP contribution in [0, 0.1) is 0 Å². The number of hydrogen-bond donors (Lipinski definition) is 1. The van der Waals surface area contributed by atoms with Gasteiger partial charge in [-0.3, -0.25) is 0 Å². The minimum absolute atomic E-state index is 0.213. The zero-order valence-corrected chi connectivity index (χ0v) is 13.2. The average molecular weight is 343 g/mol. The van der Waals surface area contributed by atoms with Crippen LogP contribution in [0.1, 0.15) is 10.4 Å². The fraction of sp³-hybridized carbons (Fsp3) is 0.133. The highest BCUT2D eigenvalue weighted by atomic mass is 35.5. The lowest BCUT2D eigenvalue weighted by Gasteiger charge is -2.07. The second kappa shape index (κ2) is 7.59. The highest BCUT2D eigenvalue weighted by molar-refractivity contribution is 7.99. The number of hydrogen-bond acceptors (Lipinski definition) is 3. The first kappa shape index (κ1) is 16.0. The Hall–Kier alpha value is -1.36. The number of halogens is 2. The van der Waals surface area contributed by atoms with E-state index in [0.29, 0.717) is 22.4 Å². The van der Waals surface area contributed by atoms with Crippen molar-refractivity contribution in [2.24, 2.45) is 0 Å². The first-order chi connectivity index (χ1) is 10.1. The summed E-state index contributed by atoms with van der Waals surface area (Å²) < 4.78 is 5.53. The Balaban J connectivity index is 1.83. The summed E-state index contributed by atoms with van der Waals surface area (Å²) in [6, 6.07) is 11.9. The first-order valence-electron chi connectivity index (χ1n) is 6.10. The van der Waals surface area contributed by atoms with Crippen LogP contribution in [0.2, 0.25) is 10.0 Å². The van der Waals surface area contributed by atoms with Crippen LogP contribution in [0.4, 0.5) is 0 Å². The van der Waals surface area contributed by atoms with E-state index in [9.17, 15) is 4.79 Å². The Bertz CT molecular complexity index is 647. The number of aromatic carboxylic acids is 1. The molecule has 0 aliphatic rings. The quantitative estimate of drug-likeness (QED) is 0.601. The van der Waals surface area contributed by atoms with E-state index < -0.39 is 5.97 Å². The number of rotatable bonds is 6. The third-order valence-electron chi connectivity index (χ3n) is 2.59. The molecule has 0 fully saturated rings. The number of ether oxygens (including phenoxy) is 1. The molecule has 2 rings (SSSR count). The minimum atomic E-state index is -0.967. The molecule has 0 aliphatic carbocycles. The van der Waals surface area contributed by atoms with E-state index in [4.69, 9.17) is 33.0 Å². The van der Waals surface area contributed by atoms with Gasteiger partial charge in [-0.2, -0.15) is 0 Å². The highest BCUT2D eigenvalue weighted by Gasteiger charge is 2.04. The van der Waals surface area contributed by atoms with Gasteiger partial charge in [-0.25, -0.2) is 4.79 Å². The van der Waals surface area contributed by atoms with Crippen LogP contribution in [0.3, 0.4) is 0 Å². The molecular formula is C15H12Cl2O3S. The molecule has 2 aromatic carbocycles. The molecule has 0 heterocycles. The Morgan fingerprint density at radius 2 is 1.95 bits per heavy atom. The van der Waals surface area contributed by atoms with Crippen molar-refractivity contribution in [1.82, 2.24) is 0 Å². The summed E-state index contributed by atoms with van der Waals surface area (Å²) in [5.74, 6) is 0.296. The molecule has 110 valence electrons. The van der Waals surface area contributed by atoms with Crippen LogP contribution in [0.15, 0.2) is 47.4 Å². The van der Waals surface area contributed by atoms with Gasteiger partial charge in [0.15, 0.2) is 0 Å². The maximum atomic E-state index is 10.8. The summed E-state index contributed by atoms with van der Waals surface area (Å²) in [5, 5.41) is 9.95. The van der Waals surface area contributed by atoms with E-state index in [1.54, 1.807) is 36.0 Å². The molecule has 3 nitrogen and oxygen atoms in total. The first-order valence-corrected chi connectivity index (χ1v) is 7.84. The summed E-state index contributed by atoms with van der Waals surface area (Å²) in [4.78, 5) is 11.9. The minimum Gasteiger partial charge on any atom is -0.493 e. The second-order valence-corrected chi connectivity index (χ2v) is 6.09. The molecule has 1 N–H and O–H groups in total. The Labute approximate surface area is 136 Å². The predicted molar refractivity (Wildman–Crippen MR) is 86.1 cm³/mol. The smallest absolute Gasteiger partial charge is 0.335 e. The Morgan fingerprint density at radius 3 is 2.67 bits per heavy atom. The topological polar surface area (TPSA) is 46.5 Å². The van der Waals surface area contributed by atoms with Gasteiger partial charge in [-0.1, -0.05) is 29.3 Å². The van der Waals surface area contributed by atoms with E-state index in [2.05, 4.69) is 0 Å². The summed E-state index contributed by atoms with van der Waals surface area (Å²) in [5.41, 5.74) is 0.213. The van der Waals surface area contributed by atoms with Crippen molar-refractivity contribution in [3.8, 4) is 5.75 Å². The summed E-state index contributed by atoms with van der Waals surface area (Å²) in [7, 11) is 0. The van der Waals surface area contributed by atoms with Gasteiger partial charge in [0.1, 0.15) is 5.75 Å². The molecule has 0 saturated heterocycles. The lowest BCUT2D eigenvalue weighted by molar-refractivity contribution is 0.0696. The van der Waals surface area contributed by atoms with Gasteiger partial charge in [0.05, 0.1) is 22.2 Å². The van der Waals surface area contributed by atoms with Crippen LogP contribution < -0.4 is 4.74 Å². The third kappa shape index (κ3) is 4.84. The molecule has 0 aliphatic heterocycles. The molecule has 0 atom stereocenters. The van der Waals surface area contributed by atoms with Crippen molar-refractivity contribution in [2.75, 3.05) is 12.4 Å². The second-order valence-electron chi connectivity index (χ2n) is 4.11. The standard InChI is InChI=1S/C15H12Cl2O3S/c16-13-5-4-12(9-14(13)17)21-7-6-20-11-3-1-2-10(8-11)15(18)19/h1-5,8-9H,6-7H2,(H,18,19). The molecule has 0 amide bonds. The Kier molecular flexibility index (Phi) is 5.79. The molecular weight excluding hydrogens is 331 g/mol. The highest BCUT2D eigenvalue weighted by Crippen LogP contribution is 2.27. The number of carboxylic acid groups (broad SMARTS) is 1. The lowest BCUT2D eigenvalue weighted by Crippen LogP contribution is -2.02. The maximum Gasteiger partial charge on any atom is 0.335 e. The van der Waals surface area contributed by atoms with Crippen molar-refractivity contribution in [3.63, 3.8) is 0 Å². The predicted octanol–water partition coefficient (Wildman–Crippen LogP) is 4.86. The van der Waals surface area contributed by atoms with Crippen molar-refractivity contribution in [2.45, 2.75) is 4.90 Å². The van der Waals surface area contributed by atoms with Crippen LogP contribution in [0.25, 0.3) is 0 Å². The molecule has 0 unspecified atom stereocenters. The normalized spacial score (nSPS) is 10.4. The fourth-order valence-electron chi connectivity index (χ4n) is 1.60. The van der Waals surface area contributed by atoms with Gasteiger partial charge in [0.2, 0.25) is 0 Å². The van der Waals surface area contributed by atoms with E-state index >= 15 is 0 Å². The van der Waals surface area contributed by atoms with E-state index in [1.807, 2.05) is 6.07 Å². The van der Waals surface area contributed by atoms with Gasteiger partial charge in [0.25, 0.3) is 0 Å². The van der Waals surface area contributed by atoms with Gasteiger partial charge >= 0.3 is 5.97 Å². The number of carboxylic acids is 1. The molecule has 0 saturated carbocycles. The molecule has 21 heavy (non-hydrogen) atoms. The maximum absolute atomic E-state index is 10.8. The number of carbonyl (C=O) groups is 1. The zero-order valence-electron chi connectivity index (χ0n) is 10.9. The van der Waals surface area contributed by atoms with E-state index in [0.717, 1.165) is 10.6 Å². The summed E-state index contributed by atoms with van der Waals surface area (Å²) in [6.07, 6.45) is 0. The monoisotopic (exact) mass is 342 g/mol. The third-order valence-corrected chi connectivity index (χ3v) is 4.29. The van der Waals surface area contributed by atoms with E-state index in [1.165, 1.54) is 12.1 Å². The molecule has 0 radical (unpaired) electrons. The number of benzene rings is 2. The fourth-order valence-corrected chi connectivity index (χ4v) is 2.74. The molecule has 2 aromatic rings. The van der Waals surface area contributed by atoms with Crippen LogP contribution in [-0.4, -0.2) is 23.4 Å². The number of thioether (sulfide) groups is 1. The largest absolute Gasteiger partial charge is 0.493 e. The Morgan fingerprint density at radius 1 is 1.14 bits per heavy atom. The molecule has 0 spiro atoms. The van der Waals surface area contributed by atoms with Crippen molar-refractivity contribution in [1.29, 1.82) is 0 Å². The SMILES string of the molecule is O=C(O)c1cccc(OCCSc2ccc(Cl)c(Cl)c2)c1. The van der Waals surface area contributed by atoms with Crippen LogP contribution in [-0.2, 0) is 0 Å². The van der Waals surface area contributed by atoms with Gasteiger partial charge in [-0.15, -0.1) is 11.8 Å². The van der Waals surface area contributed by atoms with Crippen LogP contribution >= 0.6 is 35.0 Å². The zero-order chi connectivity index (χ0) is 15.2. The van der Waals surface area contributed by atoms with Gasteiger partial charge in [0, 0.05) is 10.6 Å². The molecule has 6 heteroatoms. The lowest BCUT2D eigenvalue weighted by atomic mass is 10.2. The molecule has 0 aromatic heterocycles. The average Bonchev–Trinajstić information content (AvgIpc) is 2.47. The van der Waals surface area contributed by atoms with Crippen molar-refractivity contribution < 1.29 is 14.6 Å². The van der Waals surface area contributed by atoms with E-state index in [-0.39, 0.29) is 5.56 Å². The molecule has 0 bridgehead atoms. The van der Waals surface area contributed by atoms with Gasteiger partial charge < -0.3 is 9.84 Å². The van der Waals surface area contributed by atoms with Crippen molar-refractivity contribution in [3.05, 3.63) is 58.1 Å². The van der Waals surface area contributed by atoms with Crippen LogP contribution in [0.5, 0.6) is 5.75 Å². The summed E-state index contributed by atoms with van der Waals surface area (Å²) >= 11 is 13.4. The van der Waals surface area contributed by atoms with Gasteiger partial charge in [-0.05, 0) is 36.4 Å².